The van der Waals surface area contributed by atoms with Gasteiger partial charge in [0.15, 0.2) is 0 Å². The van der Waals surface area contributed by atoms with Gasteiger partial charge in [0.05, 0.1) is 6.61 Å². The molecule has 1 atom stereocenters. The van der Waals surface area contributed by atoms with Gasteiger partial charge in [-0.15, -0.1) is 0 Å². The van der Waals surface area contributed by atoms with E-state index >= 15 is 0 Å². The van der Waals surface area contributed by atoms with Crippen LogP contribution < -0.4 is 11.5 Å². The van der Waals surface area contributed by atoms with Crippen LogP contribution in [0, 0.1) is 0 Å². The van der Waals surface area contributed by atoms with Crippen molar-refractivity contribution >= 4 is 0 Å². The van der Waals surface area contributed by atoms with E-state index in [9.17, 15) is 5.11 Å². The molecule has 1 aromatic rings. The second-order valence-corrected chi connectivity index (χ2v) is 3.79. The minimum atomic E-state index is -1.29. The fourth-order valence-corrected chi connectivity index (χ4v) is 1.76. The first-order valence-corrected chi connectivity index (χ1v) is 4.91. The lowest BCUT2D eigenvalue weighted by molar-refractivity contribution is -0.00367. The van der Waals surface area contributed by atoms with Gasteiger partial charge < -0.3 is 21.7 Å². The van der Waals surface area contributed by atoms with Crippen LogP contribution in [-0.2, 0) is 18.7 Å². The van der Waals surface area contributed by atoms with Gasteiger partial charge >= 0.3 is 0 Å². The predicted octanol–water partition coefficient (Wildman–Crippen LogP) is -0.196. The van der Waals surface area contributed by atoms with Crippen molar-refractivity contribution in [3.8, 4) is 0 Å². The van der Waals surface area contributed by atoms with Crippen molar-refractivity contribution in [1.82, 2.24) is 0 Å². The number of nitrogens with two attached hydrogens (primary N) is 2. The molecule has 0 spiro atoms. The molecule has 0 heterocycles. The highest BCUT2D eigenvalue weighted by atomic mass is 16.3. The quantitative estimate of drug-likeness (QED) is 0.554. The average molecular weight is 210 g/mol. The first-order chi connectivity index (χ1) is 7.06. The number of hydrogen-bond acceptors (Lipinski definition) is 4. The van der Waals surface area contributed by atoms with Crippen LogP contribution in [0.3, 0.4) is 0 Å². The molecule has 15 heavy (non-hydrogen) atoms. The van der Waals surface area contributed by atoms with E-state index in [1.807, 2.05) is 18.2 Å². The molecule has 1 rings (SSSR count). The fraction of sp³-hybridized carbons (Fsp3) is 0.455. The SMILES string of the molecule is CC(O)(CO)c1c(CN)cccc1CN. The van der Waals surface area contributed by atoms with Crippen LogP contribution in [0.15, 0.2) is 18.2 Å². The zero-order valence-electron chi connectivity index (χ0n) is 8.90. The van der Waals surface area contributed by atoms with Crippen LogP contribution >= 0.6 is 0 Å². The first kappa shape index (κ1) is 12.1. The Hall–Kier alpha value is -0.940. The standard InChI is InChI=1S/C11H18N2O2/c1-11(15,7-14)10-8(5-12)3-2-4-9(10)6-13/h2-4,14-15H,5-7,12-13H2,1H3. The molecule has 0 aliphatic carbocycles. The molecule has 84 valence electrons. The summed E-state index contributed by atoms with van der Waals surface area (Å²) in [5, 5.41) is 19.2. The molecule has 0 amide bonds. The molecular weight excluding hydrogens is 192 g/mol. The van der Waals surface area contributed by atoms with Crippen molar-refractivity contribution in [3.63, 3.8) is 0 Å². The number of rotatable bonds is 4. The van der Waals surface area contributed by atoms with Gasteiger partial charge in [-0.2, -0.15) is 0 Å². The highest BCUT2D eigenvalue weighted by Gasteiger charge is 2.27. The second-order valence-electron chi connectivity index (χ2n) is 3.79. The summed E-state index contributed by atoms with van der Waals surface area (Å²) >= 11 is 0. The van der Waals surface area contributed by atoms with Gasteiger partial charge in [0.1, 0.15) is 5.60 Å². The topological polar surface area (TPSA) is 92.5 Å². The molecule has 0 saturated carbocycles. The van der Waals surface area contributed by atoms with E-state index in [-0.39, 0.29) is 6.61 Å². The maximum absolute atomic E-state index is 10.1. The lowest BCUT2D eigenvalue weighted by atomic mass is 9.87. The summed E-state index contributed by atoms with van der Waals surface area (Å²) in [6.07, 6.45) is 0. The molecule has 4 nitrogen and oxygen atoms in total. The van der Waals surface area contributed by atoms with E-state index in [2.05, 4.69) is 0 Å². The van der Waals surface area contributed by atoms with Crippen molar-refractivity contribution in [2.45, 2.75) is 25.6 Å². The lowest BCUT2D eigenvalue weighted by Crippen LogP contribution is -2.30. The Balaban J connectivity index is 3.34. The smallest absolute Gasteiger partial charge is 0.110 e. The van der Waals surface area contributed by atoms with Crippen molar-refractivity contribution in [2.24, 2.45) is 11.5 Å². The van der Waals surface area contributed by atoms with Gasteiger partial charge in [0.25, 0.3) is 0 Å². The summed E-state index contributed by atoms with van der Waals surface area (Å²) in [6, 6.07) is 5.51. The maximum atomic E-state index is 10.1. The van der Waals surface area contributed by atoms with Gasteiger partial charge in [-0.3, -0.25) is 0 Å². The van der Waals surface area contributed by atoms with E-state index in [0.29, 0.717) is 18.7 Å². The molecule has 0 aromatic heterocycles. The number of benzene rings is 1. The highest BCUT2D eigenvalue weighted by Crippen LogP contribution is 2.27. The first-order valence-electron chi connectivity index (χ1n) is 4.91. The third-order valence-corrected chi connectivity index (χ3v) is 2.52. The predicted molar refractivity (Wildman–Crippen MR) is 58.9 cm³/mol. The normalized spacial score (nSPS) is 15.0. The van der Waals surface area contributed by atoms with Crippen molar-refractivity contribution < 1.29 is 10.2 Å². The number of hydrogen-bond donors (Lipinski definition) is 4. The minimum absolute atomic E-state index is 0.319. The molecule has 6 N–H and O–H groups in total. The van der Waals surface area contributed by atoms with Crippen molar-refractivity contribution in [1.29, 1.82) is 0 Å². The fourth-order valence-electron chi connectivity index (χ4n) is 1.76. The lowest BCUT2D eigenvalue weighted by Gasteiger charge is -2.26. The van der Waals surface area contributed by atoms with Crippen molar-refractivity contribution in [2.75, 3.05) is 6.61 Å². The third-order valence-electron chi connectivity index (χ3n) is 2.52. The van der Waals surface area contributed by atoms with E-state index < -0.39 is 5.60 Å². The van der Waals surface area contributed by atoms with Crippen LogP contribution in [-0.4, -0.2) is 16.8 Å². The molecule has 1 aromatic carbocycles. The Morgan fingerprint density at radius 3 is 2.00 bits per heavy atom. The molecule has 0 aliphatic heterocycles. The van der Waals surface area contributed by atoms with Gasteiger partial charge in [-0.1, -0.05) is 18.2 Å². The molecule has 0 fully saturated rings. The molecule has 0 aliphatic rings. The minimum Gasteiger partial charge on any atom is -0.393 e. The molecule has 0 bridgehead atoms. The summed E-state index contributed by atoms with van der Waals surface area (Å²) in [7, 11) is 0. The Morgan fingerprint density at radius 1 is 1.20 bits per heavy atom. The van der Waals surface area contributed by atoms with E-state index in [0.717, 1.165) is 11.1 Å². The zero-order valence-corrected chi connectivity index (χ0v) is 8.90. The van der Waals surface area contributed by atoms with Gasteiger partial charge in [-0.25, -0.2) is 0 Å². The van der Waals surface area contributed by atoms with E-state index in [1.165, 1.54) is 0 Å². The third kappa shape index (κ3) is 2.35. The zero-order chi connectivity index (χ0) is 11.5. The maximum Gasteiger partial charge on any atom is 0.110 e. The summed E-state index contributed by atoms with van der Waals surface area (Å²) in [5.41, 5.74) is 12.2. The largest absolute Gasteiger partial charge is 0.393 e. The second kappa shape index (κ2) is 4.72. The highest BCUT2D eigenvalue weighted by molar-refractivity contribution is 5.39. The number of aliphatic hydroxyl groups is 2. The van der Waals surface area contributed by atoms with Crippen LogP contribution in [0.5, 0.6) is 0 Å². The van der Waals surface area contributed by atoms with Crippen LogP contribution in [0.4, 0.5) is 0 Å². The van der Waals surface area contributed by atoms with Gasteiger partial charge in [-0.05, 0) is 23.6 Å². The Labute approximate surface area is 89.5 Å². The van der Waals surface area contributed by atoms with Crippen molar-refractivity contribution in [3.05, 3.63) is 34.9 Å². The van der Waals surface area contributed by atoms with E-state index in [1.54, 1.807) is 6.92 Å². The Morgan fingerprint density at radius 2 is 1.67 bits per heavy atom. The monoisotopic (exact) mass is 210 g/mol. The summed E-state index contributed by atoms with van der Waals surface area (Å²) in [5.74, 6) is 0. The van der Waals surface area contributed by atoms with Gasteiger partial charge in [0, 0.05) is 13.1 Å². The summed E-state index contributed by atoms with van der Waals surface area (Å²) < 4.78 is 0. The molecule has 4 heteroatoms. The van der Waals surface area contributed by atoms with Crippen LogP contribution in [0.2, 0.25) is 0 Å². The van der Waals surface area contributed by atoms with Gasteiger partial charge in [0.2, 0.25) is 0 Å². The summed E-state index contributed by atoms with van der Waals surface area (Å²) in [4.78, 5) is 0. The average Bonchev–Trinajstić information content (AvgIpc) is 2.27. The van der Waals surface area contributed by atoms with Crippen LogP contribution in [0.25, 0.3) is 0 Å². The van der Waals surface area contributed by atoms with E-state index in [4.69, 9.17) is 16.6 Å². The molecule has 0 radical (unpaired) electrons. The molecule has 1 unspecified atom stereocenters. The Kier molecular flexibility index (Phi) is 3.82. The number of aliphatic hydroxyl groups excluding tert-OH is 1. The molecular formula is C11H18N2O2. The Bertz CT molecular complexity index is 315. The van der Waals surface area contributed by atoms with Crippen LogP contribution in [0.1, 0.15) is 23.6 Å². The summed E-state index contributed by atoms with van der Waals surface area (Å²) in [6.45, 7) is 1.84. The molecule has 0 saturated heterocycles.